The molecule has 3 nitrogen and oxygen atoms in total. The molecular weight excluding hydrogens is 226 g/mol. The lowest BCUT2D eigenvalue weighted by Crippen LogP contribution is -2.25. The average molecular weight is 249 g/mol. The molecule has 0 bridgehead atoms. The summed E-state index contributed by atoms with van der Waals surface area (Å²) in [6.45, 7) is 8.59. The molecule has 0 fully saturated rings. The van der Waals surface area contributed by atoms with E-state index in [2.05, 4.69) is 18.7 Å². The number of hydrogen-bond donors (Lipinski definition) is 0. The van der Waals surface area contributed by atoms with Gasteiger partial charge in [-0.3, -0.25) is 0 Å². The van der Waals surface area contributed by atoms with Crippen molar-refractivity contribution in [1.29, 1.82) is 0 Å². The number of carbonyl (C=O) groups is 1. The Kier molecular flexibility index (Phi) is 6.26. The van der Waals surface area contributed by atoms with Crippen molar-refractivity contribution in [3.8, 4) is 0 Å². The maximum Gasteiger partial charge on any atom is 0.338 e. The Labute approximate surface area is 110 Å². The molecule has 0 aliphatic heterocycles. The third kappa shape index (κ3) is 4.06. The fourth-order valence-corrected chi connectivity index (χ4v) is 1.95. The average Bonchev–Trinajstić information content (AvgIpc) is 2.39. The third-order valence-electron chi connectivity index (χ3n) is 2.71. The fourth-order valence-electron chi connectivity index (χ4n) is 1.95. The predicted octanol–water partition coefficient (Wildman–Crippen LogP) is 3.49. The van der Waals surface area contributed by atoms with E-state index < -0.39 is 0 Å². The molecule has 0 unspecified atom stereocenters. The molecule has 0 aliphatic carbocycles. The number of benzene rings is 1. The Morgan fingerprint density at radius 3 is 2.39 bits per heavy atom. The van der Waals surface area contributed by atoms with E-state index in [4.69, 9.17) is 4.74 Å². The first-order valence-corrected chi connectivity index (χ1v) is 6.75. The lowest BCUT2D eigenvalue weighted by Gasteiger charge is -2.24. The minimum Gasteiger partial charge on any atom is -0.462 e. The first-order valence-electron chi connectivity index (χ1n) is 6.75. The van der Waals surface area contributed by atoms with Crippen LogP contribution in [0.1, 0.15) is 44.0 Å². The first kappa shape index (κ1) is 14.6. The van der Waals surface area contributed by atoms with Crippen LogP contribution in [0.3, 0.4) is 0 Å². The van der Waals surface area contributed by atoms with Crippen LogP contribution in [0.4, 0.5) is 5.69 Å². The van der Waals surface area contributed by atoms with Gasteiger partial charge in [-0.25, -0.2) is 4.79 Å². The van der Waals surface area contributed by atoms with Crippen LogP contribution in [0.15, 0.2) is 24.3 Å². The van der Waals surface area contributed by atoms with Crippen LogP contribution < -0.4 is 4.90 Å². The summed E-state index contributed by atoms with van der Waals surface area (Å²) in [6, 6.07) is 7.69. The van der Waals surface area contributed by atoms with Crippen LogP contribution in [0, 0.1) is 0 Å². The number of hydrogen-bond acceptors (Lipinski definition) is 3. The summed E-state index contributed by atoms with van der Waals surface area (Å²) in [4.78, 5) is 14.0. The van der Waals surface area contributed by atoms with E-state index in [0.717, 1.165) is 31.6 Å². The molecule has 18 heavy (non-hydrogen) atoms. The van der Waals surface area contributed by atoms with E-state index >= 15 is 0 Å². The van der Waals surface area contributed by atoms with E-state index in [1.807, 2.05) is 25.1 Å². The van der Waals surface area contributed by atoms with Crippen molar-refractivity contribution in [2.45, 2.75) is 33.6 Å². The van der Waals surface area contributed by atoms with Crippen molar-refractivity contribution in [2.75, 3.05) is 24.6 Å². The first-order chi connectivity index (χ1) is 8.72. The van der Waals surface area contributed by atoms with E-state index in [9.17, 15) is 4.79 Å². The molecule has 100 valence electrons. The zero-order valence-corrected chi connectivity index (χ0v) is 11.6. The SMILES string of the molecule is CCCN(CCC)c1cccc(C(=O)OCC)c1. The van der Waals surface area contributed by atoms with Crippen molar-refractivity contribution in [2.24, 2.45) is 0 Å². The van der Waals surface area contributed by atoms with Gasteiger partial charge in [-0.05, 0) is 38.0 Å². The molecule has 1 aromatic carbocycles. The van der Waals surface area contributed by atoms with Crippen LogP contribution in [0.5, 0.6) is 0 Å². The highest BCUT2D eigenvalue weighted by atomic mass is 16.5. The largest absolute Gasteiger partial charge is 0.462 e. The monoisotopic (exact) mass is 249 g/mol. The second-order valence-electron chi connectivity index (χ2n) is 4.26. The topological polar surface area (TPSA) is 29.5 Å². The quantitative estimate of drug-likeness (QED) is 0.693. The predicted molar refractivity (Wildman–Crippen MR) is 75.2 cm³/mol. The van der Waals surface area contributed by atoms with Gasteiger partial charge in [-0.15, -0.1) is 0 Å². The number of nitrogens with zero attached hydrogens (tertiary/aromatic N) is 1. The van der Waals surface area contributed by atoms with Gasteiger partial charge in [-0.1, -0.05) is 19.9 Å². The van der Waals surface area contributed by atoms with E-state index in [0.29, 0.717) is 12.2 Å². The second-order valence-corrected chi connectivity index (χ2v) is 4.26. The summed E-state index contributed by atoms with van der Waals surface area (Å²) in [5.74, 6) is -0.243. The molecule has 3 heteroatoms. The maximum absolute atomic E-state index is 11.7. The Balaban J connectivity index is 2.87. The molecule has 0 aliphatic rings. The zero-order valence-electron chi connectivity index (χ0n) is 11.6. The van der Waals surface area contributed by atoms with E-state index in [1.54, 1.807) is 6.07 Å². The summed E-state index contributed by atoms with van der Waals surface area (Å²) in [5, 5.41) is 0. The van der Waals surface area contributed by atoms with Crippen LogP contribution in [-0.4, -0.2) is 25.7 Å². The van der Waals surface area contributed by atoms with Gasteiger partial charge < -0.3 is 9.64 Å². The summed E-state index contributed by atoms with van der Waals surface area (Å²) in [5.41, 5.74) is 1.73. The Hall–Kier alpha value is -1.51. The molecular formula is C15H23NO2. The van der Waals surface area contributed by atoms with Crippen molar-refractivity contribution in [3.63, 3.8) is 0 Å². The van der Waals surface area contributed by atoms with Crippen LogP contribution in [0.2, 0.25) is 0 Å². The third-order valence-corrected chi connectivity index (χ3v) is 2.71. The molecule has 0 amide bonds. The van der Waals surface area contributed by atoms with Crippen LogP contribution in [0.25, 0.3) is 0 Å². The molecule has 0 saturated heterocycles. The lowest BCUT2D eigenvalue weighted by molar-refractivity contribution is 0.0526. The highest BCUT2D eigenvalue weighted by Gasteiger charge is 2.10. The normalized spacial score (nSPS) is 10.2. The Morgan fingerprint density at radius 2 is 1.83 bits per heavy atom. The molecule has 0 saturated carbocycles. The Morgan fingerprint density at radius 1 is 1.17 bits per heavy atom. The fraction of sp³-hybridized carbons (Fsp3) is 0.533. The lowest BCUT2D eigenvalue weighted by atomic mass is 10.1. The van der Waals surface area contributed by atoms with Crippen molar-refractivity contribution < 1.29 is 9.53 Å². The Bertz CT molecular complexity index is 371. The smallest absolute Gasteiger partial charge is 0.338 e. The summed E-state index contributed by atoms with van der Waals surface area (Å²) in [7, 11) is 0. The van der Waals surface area contributed by atoms with Gasteiger partial charge in [0.1, 0.15) is 0 Å². The molecule has 0 atom stereocenters. The summed E-state index contributed by atoms with van der Waals surface area (Å²) >= 11 is 0. The van der Waals surface area contributed by atoms with Gasteiger partial charge in [0.05, 0.1) is 12.2 Å². The van der Waals surface area contributed by atoms with E-state index in [1.165, 1.54) is 0 Å². The summed E-state index contributed by atoms with van der Waals surface area (Å²) in [6.07, 6.45) is 2.20. The van der Waals surface area contributed by atoms with Crippen LogP contribution >= 0.6 is 0 Å². The standard InChI is InChI=1S/C15H23NO2/c1-4-10-16(11-5-2)14-9-7-8-13(12-14)15(17)18-6-3/h7-9,12H,4-6,10-11H2,1-3H3. The minimum atomic E-state index is -0.243. The maximum atomic E-state index is 11.7. The van der Waals surface area contributed by atoms with Gasteiger partial charge in [0.25, 0.3) is 0 Å². The molecule has 0 aromatic heterocycles. The van der Waals surface area contributed by atoms with Gasteiger partial charge in [0.2, 0.25) is 0 Å². The zero-order chi connectivity index (χ0) is 13.4. The summed E-state index contributed by atoms with van der Waals surface area (Å²) < 4.78 is 5.03. The van der Waals surface area contributed by atoms with Crippen LogP contribution in [-0.2, 0) is 4.74 Å². The molecule has 0 heterocycles. The molecule has 1 rings (SSSR count). The van der Waals surface area contributed by atoms with E-state index in [-0.39, 0.29) is 5.97 Å². The number of anilines is 1. The molecule has 1 aromatic rings. The van der Waals surface area contributed by atoms with Gasteiger partial charge in [0, 0.05) is 18.8 Å². The molecule has 0 spiro atoms. The van der Waals surface area contributed by atoms with Gasteiger partial charge >= 0.3 is 5.97 Å². The number of ether oxygens (including phenoxy) is 1. The second kappa shape index (κ2) is 7.75. The number of carbonyl (C=O) groups excluding carboxylic acids is 1. The van der Waals surface area contributed by atoms with Crippen molar-refractivity contribution in [1.82, 2.24) is 0 Å². The van der Waals surface area contributed by atoms with Gasteiger partial charge in [-0.2, -0.15) is 0 Å². The minimum absolute atomic E-state index is 0.243. The molecule has 0 radical (unpaired) electrons. The van der Waals surface area contributed by atoms with Crippen molar-refractivity contribution in [3.05, 3.63) is 29.8 Å². The number of rotatable bonds is 7. The van der Waals surface area contributed by atoms with Gasteiger partial charge in [0.15, 0.2) is 0 Å². The number of esters is 1. The highest BCUT2D eigenvalue weighted by Crippen LogP contribution is 2.17. The highest BCUT2D eigenvalue weighted by molar-refractivity contribution is 5.90. The molecule has 0 N–H and O–H groups in total. The van der Waals surface area contributed by atoms with Crippen molar-refractivity contribution >= 4 is 11.7 Å².